The summed E-state index contributed by atoms with van der Waals surface area (Å²) in [6.07, 6.45) is 2.35. The van der Waals surface area contributed by atoms with Crippen LogP contribution < -0.4 is 5.56 Å². The summed E-state index contributed by atoms with van der Waals surface area (Å²) in [5.74, 6) is -1.25. The molecule has 1 rings (SSSR count). The number of carboxylic acid groups (broad SMARTS) is 1. The molecule has 0 saturated carbocycles. The van der Waals surface area contributed by atoms with Crippen LogP contribution in [0.4, 0.5) is 0 Å². The minimum Gasteiger partial charge on any atom is -0.477 e. The van der Waals surface area contributed by atoms with Crippen molar-refractivity contribution in [1.29, 1.82) is 0 Å². The van der Waals surface area contributed by atoms with Gasteiger partial charge in [0.25, 0.3) is 5.56 Å². The van der Waals surface area contributed by atoms with Crippen molar-refractivity contribution >= 4 is 11.9 Å². The molecule has 1 aromatic heterocycles. The van der Waals surface area contributed by atoms with Crippen molar-refractivity contribution in [3.63, 3.8) is 0 Å². The van der Waals surface area contributed by atoms with E-state index in [1.54, 1.807) is 14.1 Å². The molecule has 6 nitrogen and oxygen atoms in total. The molecule has 6 heteroatoms. The number of nitrogens with zero attached hydrogens (tertiary/aromatic N) is 2. The Morgan fingerprint density at radius 3 is 2.61 bits per heavy atom. The van der Waals surface area contributed by atoms with Crippen LogP contribution in [0.1, 0.15) is 23.2 Å². The summed E-state index contributed by atoms with van der Waals surface area (Å²) in [5.41, 5.74) is -0.793. The van der Waals surface area contributed by atoms with E-state index in [1.807, 2.05) is 0 Å². The number of aromatic nitrogens is 1. The molecule has 0 spiro atoms. The molecular formula is C12H16N2O4. The van der Waals surface area contributed by atoms with E-state index in [2.05, 4.69) is 0 Å². The van der Waals surface area contributed by atoms with Gasteiger partial charge in [0.15, 0.2) is 0 Å². The quantitative estimate of drug-likeness (QED) is 0.823. The molecule has 0 saturated heterocycles. The molecule has 1 aromatic rings. The van der Waals surface area contributed by atoms with E-state index >= 15 is 0 Å². The topological polar surface area (TPSA) is 79.6 Å². The Labute approximate surface area is 104 Å². The highest BCUT2D eigenvalue weighted by molar-refractivity contribution is 5.86. The van der Waals surface area contributed by atoms with E-state index < -0.39 is 11.5 Å². The second-order valence-corrected chi connectivity index (χ2v) is 4.12. The van der Waals surface area contributed by atoms with Gasteiger partial charge in [-0.3, -0.25) is 9.59 Å². The molecule has 0 aliphatic carbocycles. The molecule has 1 N–H and O–H groups in total. The number of hydrogen-bond acceptors (Lipinski definition) is 3. The molecular weight excluding hydrogens is 236 g/mol. The van der Waals surface area contributed by atoms with E-state index in [4.69, 9.17) is 5.11 Å². The van der Waals surface area contributed by atoms with Crippen LogP contribution in [0, 0.1) is 0 Å². The molecule has 0 radical (unpaired) electrons. The lowest BCUT2D eigenvalue weighted by molar-refractivity contribution is -0.128. The molecule has 1 amide bonds. The van der Waals surface area contributed by atoms with Crippen LogP contribution in [0.2, 0.25) is 0 Å². The van der Waals surface area contributed by atoms with Crippen LogP contribution >= 0.6 is 0 Å². The molecule has 0 fully saturated rings. The van der Waals surface area contributed by atoms with Gasteiger partial charge in [-0.1, -0.05) is 0 Å². The highest BCUT2D eigenvalue weighted by Crippen LogP contribution is 1.98. The predicted octanol–water partition coefficient (Wildman–Crippen LogP) is 0.415. The van der Waals surface area contributed by atoms with Crippen LogP contribution in [0.15, 0.2) is 23.1 Å². The number of carbonyl (C=O) groups excluding carboxylic acids is 1. The van der Waals surface area contributed by atoms with E-state index in [-0.39, 0.29) is 11.5 Å². The molecule has 1 heterocycles. The average Bonchev–Trinajstić information content (AvgIpc) is 2.30. The largest absolute Gasteiger partial charge is 0.477 e. The Morgan fingerprint density at radius 2 is 2.06 bits per heavy atom. The number of aryl methyl sites for hydroxylation is 1. The molecule has 0 aromatic carbocycles. The highest BCUT2D eigenvalue weighted by Gasteiger charge is 2.10. The van der Waals surface area contributed by atoms with Crippen molar-refractivity contribution in [3.8, 4) is 0 Å². The zero-order valence-electron chi connectivity index (χ0n) is 10.4. The summed E-state index contributed by atoms with van der Waals surface area (Å²) in [7, 11) is 3.33. The number of aromatic carboxylic acids is 1. The normalized spacial score (nSPS) is 10.1. The predicted molar refractivity (Wildman–Crippen MR) is 65.6 cm³/mol. The summed E-state index contributed by atoms with van der Waals surface area (Å²) in [6, 6.07) is 2.78. The van der Waals surface area contributed by atoms with Crippen LogP contribution in [0.5, 0.6) is 0 Å². The third-order valence-corrected chi connectivity index (χ3v) is 2.54. The van der Waals surface area contributed by atoms with Gasteiger partial charge in [-0.2, -0.15) is 0 Å². The lowest BCUT2D eigenvalue weighted by Gasteiger charge is -2.10. The van der Waals surface area contributed by atoms with Gasteiger partial charge in [0, 0.05) is 33.3 Å². The number of pyridine rings is 1. The van der Waals surface area contributed by atoms with Gasteiger partial charge in [0.2, 0.25) is 5.91 Å². The van der Waals surface area contributed by atoms with Crippen molar-refractivity contribution in [2.45, 2.75) is 19.4 Å². The van der Waals surface area contributed by atoms with Crippen LogP contribution in [-0.4, -0.2) is 40.5 Å². The van der Waals surface area contributed by atoms with E-state index in [9.17, 15) is 14.4 Å². The van der Waals surface area contributed by atoms with Gasteiger partial charge in [-0.15, -0.1) is 0 Å². The Kier molecular flexibility index (Phi) is 4.65. The van der Waals surface area contributed by atoms with Gasteiger partial charge >= 0.3 is 5.97 Å². The fourth-order valence-electron chi connectivity index (χ4n) is 1.50. The maximum atomic E-state index is 11.7. The molecule has 18 heavy (non-hydrogen) atoms. The molecule has 0 aliphatic rings. The van der Waals surface area contributed by atoms with Crippen molar-refractivity contribution in [1.82, 2.24) is 9.47 Å². The first kappa shape index (κ1) is 14.0. The third-order valence-electron chi connectivity index (χ3n) is 2.54. The zero-order valence-corrected chi connectivity index (χ0v) is 10.4. The van der Waals surface area contributed by atoms with E-state index in [0.29, 0.717) is 19.4 Å². The Hall–Kier alpha value is -2.11. The summed E-state index contributed by atoms with van der Waals surface area (Å²) in [5, 5.41) is 8.80. The average molecular weight is 252 g/mol. The van der Waals surface area contributed by atoms with Crippen molar-refractivity contribution < 1.29 is 14.7 Å². The Morgan fingerprint density at radius 1 is 1.39 bits per heavy atom. The van der Waals surface area contributed by atoms with Crippen molar-refractivity contribution in [2.24, 2.45) is 0 Å². The van der Waals surface area contributed by atoms with Crippen LogP contribution in [-0.2, 0) is 11.3 Å². The fraction of sp³-hybridized carbons (Fsp3) is 0.417. The molecule has 0 unspecified atom stereocenters. The van der Waals surface area contributed by atoms with E-state index in [1.165, 1.54) is 27.8 Å². The van der Waals surface area contributed by atoms with Gasteiger partial charge in [0.1, 0.15) is 5.56 Å². The van der Waals surface area contributed by atoms with Crippen molar-refractivity contribution in [2.75, 3.05) is 14.1 Å². The third kappa shape index (κ3) is 3.44. The van der Waals surface area contributed by atoms with E-state index in [0.717, 1.165) is 0 Å². The SMILES string of the molecule is CN(C)C(=O)CCCn1cccc(C(=O)O)c1=O. The Bertz CT molecular complexity index is 505. The van der Waals surface area contributed by atoms with Crippen molar-refractivity contribution in [3.05, 3.63) is 34.2 Å². The van der Waals surface area contributed by atoms with Crippen LogP contribution in [0.3, 0.4) is 0 Å². The fourth-order valence-corrected chi connectivity index (χ4v) is 1.50. The first-order chi connectivity index (χ1) is 8.43. The number of carbonyl (C=O) groups is 2. The maximum absolute atomic E-state index is 11.7. The Balaban J connectivity index is 2.69. The second-order valence-electron chi connectivity index (χ2n) is 4.12. The zero-order chi connectivity index (χ0) is 13.7. The highest BCUT2D eigenvalue weighted by atomic mass is 16.4. The maximum Gasteiger partial charge on any atom is 0.341 e. The monoisotopic (exact) mass is 252 g/mol. The van der Waals surface area contributed by atoms with Gasteiger partial charge < -0.3 is 14.6 Å². The number of carboxylic acids is 1. The molecule has 98 valence electrons. The summed E-state index contributed by atoms with van der Waals surface area (Å²) in [4.78, 5) is 35.3. The minimum absolute atomic E-state index is 0.0163. The summed E-state index contributed by atoms with van der Waals surface area (Å²) < 4.78 is 1.31. The number of amides is 1. The first-order valence-corrected chi connectivity index (χ1v) is 5.56. The minimum atomic E-state index is -1.24. The summed E-state index contributed by atoms with van der Waals surface area (Å²) >= 11 is 0. The van der Waals surface area contributed by atoms with Crippen LogP contribution in [0.25, 0.3) is 0 Å². The lowest BCUT2D eigenvalue weighted by atomic mass is 10.2. The number of rotatable bonds is 5. The van der Waals surface area contributed by atoms with Gasteiger partial charge in [-0.25, -0.2) is 4.79 Å². The van der Waals surface area contributed by atoms with Gasteiger partial charge in [0.05, 0.1) is 0 Å². The number of hydrogen-bond donors (Lipinski definition) is 1. The molecule has 0 atom stereocenters. The standard InChI is InChI=1S/C12H16N2O4/c1-13(2)10(15)6-4-8-14-7-3-5-9(11(14)16)12(17)18/h3,5,7H,4,6,8H2,1-2H3,(H,17,18). The molecule has 0 aliphatic heterocycles. The lowest BCUT2D eigenvalue weighted by Crippen LogP contribution is -2.27. The summed E-state index contributed by atoms with van der Waals surface area (Å²) in [6.45, 7) is 0.333. The second kappa shape index (κ2) is 6.00. The molecule has 0 bridgehead atoms. The first-order valence-electron chi connectivity index (χ1n) is 5.56. The smallest absolute Gasteiger partial charge is 0.341 e. The van der Waals surface area contributed by atoms with Gasteiger partial charge in [-0.05, 0) is 18.6 Å².